The molecule has 0 heterocycles. The van der Waals surface area contributed by atoms with Crippen molar-refractivity contribution in [2.24, 2.45) is 0 Å². The van der Waals surface area contributed by atoms with E-state index >= 15 is 0 Å². The second kappa shape index (κ2) is 6.89. The Kier molecular flexibility index (Phi) is 5.18. The van der Waals surface area contributed by atoms with Crippen LogP contribution in [0.5, 0.6) is 0 Å². The van der Waals surface area contributed by atoms with Gasteiger partial charge < -0.3 is 10.4 Å². The third-order valence-corrected chi connectivity index (χ3v) is 4.33. The van der Waals surface area contributed by atoms with E-state index in [0.29, 0.717) is 13.0 Å². The molecule has 110 valence electrons. The molecule has 0 unspecified atom stereocenters. The Balaban J connectivity index is 2.23. The fourth-order valence-corrected chi connectivity index (χ4v) is 3.20. The molecular weight excluding hydrogens is 250 g/mol. The van der Waals surface area contributed by atoms with Crippen molar-refractivity contribution in [2.45, 2.75) is 50.9 Å². The molecule has 1 saturated carbocycles. The fraction of sp³-hybridized carbons (Fsp3) is 0.588. The lowest BCUT2D eigenvalue weighted by Gasteiger charge is -2.36. The molecular formula is C17H25NO2. The maximum absolute atomic E-state index is 12.7. The third-order valence-electron chi connectivity index (χ3n) is 4.33. The zero-order valence-electron chi connectivity index (χ0n) is 12.3. The van der Waals surface area contributed by atoms with Gasteiger partial charge in [0.1, 0.15) is 0 Å². The minimum absolute atomic E-state index is 0.123. The Morgan fingerprint density at radius 3 is 2.70 bits per heavy atom. The summed E-state index contributed by atoms with van der Waals surface area (Å²) < 4.78 is 0. The van der Waals surface area contributed by atoms with Gasteiger partial charge in [0.2, 0.25) is 5.91 Å². The van der Waals surface area contributed by atoms with Crippen molar-refractivity contribution in [3.63, 3.8) is 0 Å². The van der Waals surface area contributed by atoms with Gasteiger partial charge in [0.05, 0.1) is 5.41 Å². The van der Waals surface area contributed by atoms with Crippen LogP contribution >= 0.6 is 0 Å². The van der Waals surface area contributed by atoms with E-state index in [1.807, 2.05) is 6.07 Å². The maximum Gasteiger partial charge on any atom is 0.230 e. The van der Waals surface area contributed by atoms with Gasteiger partial charge in [0, 0.05) is 13.2 Å². The molecule has 3 nitrogen and oxygen atoms in total. The van der Waals surface area contributed by atoms with Crippen LogP contribution in [0.1, 0.15) is 49.7 Å². The first-order valence-corrected chi connectivity index (χ1v) is 7.65. The lowest BCUT2D eigenvalue weighted by Crippen LogP contribution is -2.46. The van der Waals surface area contributed by atoms with Gasteiger partial charge in [0.15, 0.2) is 0 Å². The number of nitrogens with one attached hydrogen (secondary N) is 1. The van der Waals surface area contributed by atoms with E-state index in [1.54, 1.807) is 0 Å². The molecule has 1 aromatic carbocycles. The average molecular weight is 275 g/mol. The quantitative estimate of drug-likeness (QED) is 0.812. The molecule has 1 aliphatic carbocycles. The highest BCUT2D eigenvalue weighted by molar-refractivity contribution is 5.88. The van der Waals surface area contributed by atoms with Crippen LogP contribution in [0.2, 0.25) is 0 Å². The minimum atomic E-state index is -0.361. The van der Waals surface area contributed by atoms with Crippen LogP contribution in [-0.4, -0.2) is 24.2 Å². The van der Waals surface area contributed by atoms with Crippen molar-refractivity contribution < 1.29 is 9.90 Å². The van der Waals surface area contributed by atoms with Crippen molar-refractivity contribution in [2.75, 3.05) is 13.2 Å². The zero-order chi connectivity index (χ0) is 14.4. The zero-order valence-corrected chi connectivity index (χ0v) is 12.3. The predicted molar refractivity (Wildman–Crippen MR) is 80.7 cm³/mol. The number of carbonyl (C=O) groups is 1. The minimum Gasteiger partial charge on any atom is -0.396 e. The molecule has 1 amide bonds. The summed E-state index contributed by atoms with van der Waals surface area (Å²) in [6.45, 7) is 2.75. The number of aryl methyl sites for hydroxylation is 1. The Hall–Kier alpha value is -1.35. The topological polar surface area (TPSA) is 49.3 Å². The molecule has 0 saturated heterocycles. The van der Waals surface area contributed by atoms with E-state index in [9.17, 15) is 4.79 Å². The monoisotopic (exact) mass is 275 g/mol. The van der Waals surface area contributed by atoms with Gasteiger partial charge in [-0.2, -0.15) is 0 Å². The fourth-order valence-electron chi connectivity index (χ4n) is 3.20. The van der Waals surface area contributed by atoms with Gasteiger partial charge in [-0.05, 0) is 31.7 Å². The van der Waals surface area contributed by atoms with Crippen LogP contribution in [0, 0.1) is 6.92 Å². The van der Waals surface area contributed by atoms with E-state index in [0.717, 1.165) is 31.2 Å². The van der Waals surface area contributed by atoms with E-state index in [1.165, 1.54) is 12.0 Å². The van der Waals surface area contributed by atoms with Crippen LogP contribution in [0.3, 0.4) is 0 Å². The summed E-state index contributed by atoms with van der Waals surface area (Å²) in [7, 11) is 0. The molecule has 1 fully saturated rings. The molecule has 0 radical (unpaired) electrons. The lowest BCUT2D eigenvalue weighted by atomic mass is 9.68. The van der Waals surface area contributed by atoms with Crippen molar-refractivity contribution in [1.29, 1.82) is 0 Å². The van der Waals surface area contributed by atoms with Gasteiger partial charge in [-0.25, -0.2) is 0 Å². The highest BCUT2D eigenvalue weighted by Gasteiger charge is 2.40. The first kappa shape index (κ1) is 15.0. The van der Waals surface area contributed by atoms with Gasteiger partial charge in [-0.1, -0.05) is 49.1 Å². The first-order valence-electron chi connectivity index (χ1n) is 7.65. The number of aliphatic hydroxyl groups is 1. The lowest BCUT2D eigenvalue weighted by molar-refractivity contribution is -0.128. The van der Waals surface area contributed by atoms with E-state index in [-0.39, 0.29) is 17.9 Å². The largest absolute Gasteiger partial charge is 0.396 e. The van der Waals surface area contributed by atoms with Gasteiger partial charge in [-0.3, -0.25) is 4.79 Å². The second-order valence-electron chi connectivity index (χ2n) is 5.85. The molecule has 0 atom stereocenters. The van der Waals surface area contributed by atoms with Crippen LogP contribution < -0.4 is 5.32 Å². The SMILES string of the molecule is Cc1cccc(C2(C(=O)NCCCO)CCCCC2)c1. The molecule has 0 bridgehead atoms. The molecule has 0 spiro atoms. The highest BCUT2D eigenvalue weighted by atomic mass is 16.3. The summed E-state index contributed by atoms with van der Waals surface area (Å²) in [6.07, 6.45) is 5.93. The molecule has 0 aromatic heterocycles. The van der Waals surface area contributed by atoms with Crippen LogP contribution in [0.15, 0.2) is 24.3 Å². The smallest absolute Gasteiger partial charge is 0.230 e. The van der Waals surface area contributed by atoms with E-state index in [4.69, 9.17) is 5.11 Å². The molecule has 2 N–H and O–H groups in total. The summed E-state index contributed by atoms with van der Waals surface area (Å²) >= 11 is 0. The third kappa shape index (κ3) is 3.21. The number of amides is 1. The van der Waals surface area contributed by atoms with Crippen LogP contribution in [0.25, 0.3) is 0 Å². The number of hydrogen-bond donors (Lipinski definition) is 2. The summed E-state index contributed by atoms with van der Waals surface area (Å²) in [5, 5.41) is 11.9. The van der Waals surface area contributed by atoms with Crippen molar-refractivity contribution in [1.82, 2.24) is 5.32 Å². The number of rotatable bonds is 5. The average Bonchev–Trinajstić information content (AvgIpc) is 2.48. The molecule has 0 aliphatic heterocycles. The normalized spacial score (nSPS) is 17.7. The summed E-state index contributed by atoms with van der Waals surface area (Å²) in [6, 6.07) is 8.35. The van der Waals surface area contributed by atoms with Crippen LogP contribution in [0.4, 0.5) is 0 Å². The standard InChI is InChI=1S/C17H25NO2/c1-14-7-5-8-15(13-14)17(9-3-2-4-10-17)16(20)18-11-6-12-19/h5,7-8,13,19H,2-4,6,9-12H2,1H3,(H,18,20). The molecule has 20 heavy (non-hydrogen) atoms. The number of benzene rings is 1. The number of carbonyl (C=O) groups excluding carboxylic acids is 1. The highest BCUT2D eigenvalue weighted by Crippen LogP contribution is 2.40. The Labute approximate surface area is 121 Å². The van der Waals surface area contributed by atoms with Crippen LogP contribution in [-0.2, 0) is 10.2 Å². The van der Waals surface area contributed by atoms with Crippen molar-refractivity contribution >= 4 is 5.91 Å². The predicted octanol–water partition coefficient (Wildman–Crippen LogP) is 2.70. The number of aliphatic hydroxyl groups excluding tert-OH is 1. The molecule has 2 rings (SSSR count). The van der Waals surface area contributed by atoms with Crippen molar-refractivity contribution in [3.8, 4) is 0 Å². The summed E-state index contributed by atoms with van der Waals surface area (Å²) in [5.41, 5.74) is 1.99. The Morgan fingerprint density at radius 1 is 1.30 bits per heavy atom. The van der Waals surface area contributed by atoms with Gasteiger partial charge >= 0.3 is 0 Å². The van der Waals surface area contributed by atoms with E-state index in [2.05, 4.69) is 30.4 Å². The molecule has 1 aliphatic rings. The van der Waals surface area contributed by atoms with Gasteiger partial charge in [0.25, 0.3) is 0 Å². The Morgan fingerprint density at radius 2 is 2.05 bits per heavy atom. The second-order valence-corrected chi connectivity index (χ2v) is 5.85. The molecule has 3 heteroatoms. The van der Waals surface area contributed by atoms with Crippen molar-refractivity contribution in [3.05, 3.63) is 35.4 Å². The Bertz CT molecular complexity index is 450. The maximum atomic E-state index is 12.7. The van der Waals surface area contributed by atoms with Gasteiger partial charge in [-0.15, -0.1) is 0 Å². The van der Waals surface area contributed by atoms with E-state index < -0.39 is 0 Å². The number of hydrogen-bond acceptors (Lipinski definition) is 2. The first-order chi connectivity index (χ1) is 9.69. The molecule has 1 aromatic rings. The summed E-state index contributed by atoms with van der Waals surface area (Å²) in [4.78, 5) is 12.7. The summed E-state index contributed by atoms with van der Waals surface area (Å²) in [5.74, 6) is 0.135.